The number of allylic oxidation sites excluding steroid dienone is 6. The molecule has 0 saturated heterocycles. The van der Waals surface area contributed by atoms with Gasteiger partial charge in [-0.2, -0.15) is 0 Å². The summed E-state index contributed by atoms with van der Waals surface area (Å²) in [4.78, 5) is 37.7. The highest BCUT2D eigenvalue weighted by Crippen LogP contribution is 2.15. The molecule has 0 unspecified atom stereocenters. The predicted octanol–water partition coefficient (Wildman–Crippen LogP) is 15.0. The monoisotopic (exact) mass is 773 g/mol. The molecule has 0 aromatic carbocycles. The molecule has 0 aliphatic carbocycles. The van der Waals surface area contributed by atoms with Crippen LogP contribution in [0.3, 0.4) is 0 Å². The fourth-order valence-electron chi connectivity index (χ4n) is 6.57. The van der Waals surface area contributed by atoms with Crippen molar-refractivity contribution in [3.8, 4) is 0 Å². The fourth-order valence-corrected chi connectivity index (χ4v) is 6.57. The maximum Gasteiger partial charge on any atom is 0.306 e. The number of unbranched alkanes of at least 4 members (excludes halogenated alkanes) is 25. The highest BCUT2D eigenvalue weighted by atomic mass is 16.6. The SMILES string of the molecule is CCCCC/C=C\C/C=C\C/C=C\CCCCC(=O)OC[C@@H](COC(=O)CCCCCCCCCCC)OC(=O)CCCCCCCCCCCCCCC. The molecule has 0 aliphatic rings. The minimum atomic E-state index is -0.780. The van der Waals surface area contributed by atoms with Gasteiger partial charge in [0.05, 0.1) is 0 Å². The van der Waals surface area contributed by atoms with Crippen LogP contribution in [-0.4, -0.2) is 37.2 Å². The smallest absolute Gasteiger partial charge is 0.306 e. The van der Waals surface area contributed by atoms with Crippen LogP contribution in [0.15, 0.2) is 36.5 Å². The minimum Gasteiger partial charge on any atom is -0.462 e. The summed E-state index contributed by atoms with van der Waals surface area (Å²) in [6.07, 6.45) is 49.8. The molecule has 0 amide bonds. The lowest BCUT2D eigenvalue weighted by Crippen LogP contribution is -2.30. The molecule has 55 heavy (non-hydrogen) atoms. The number of rotatable bonds is 42. The fraction of sp³-hybridized carbons (Fsp3) is 0.816. The molecule has 0 fully saturated rings. The van der Waals surface area contributed by atoms with Crippen LogP contribution in [-0.2, 0) is 28.6 Å². The summed E-state index contributed by atoms with van der Waals surface area (Å²) in [5.41, 5.74) is 0. The molecule has 0 aromatic rings. The molecule has 0 radical (unpaired) electrons. The molecule has 1 atom stereocenters. The first-order valence-corrected chi connectivity index (χ1v) is 23.5. The van der Waals surface area contributed by atoms with Crippen molar-refractivity contribution in [3.05, 3.63) is 36.5 Å². The van der Waals surface area contributed by atoms with Crippen LogP contribution >= 0.6 is 0 Å². The molecule has 0 N–H and O–H groups in total. The predicted molar refractivity (Wildman–Crippen MR) is 233 cm³/mol. The summed E-state index contributed by atoms with van der Waals surface area (Å²) in [7, 11) is 0. The Labute approximate surface area is 340 Å². The van der Waals surface area contributed by atoms with Gasteiger partial charge in [0, 0.05) is 19.3 Å². The van der Waals surface area contributed by atoms with E-state index in [0.717, 1.165) is 70.6 Å². The zero-order valence-corrected chi connectivity index (χ0v) is 36.4. The summed E-state index contributed by atoms with van der Waals surface area (Å²) in [6, 6.07) is 0. The van der Waals surface area contributed by atoms with Crippen molar-refractivity contribution in [2.45, 2.75) is 245 Å². The molecule has 0 aromatic heterocycles. The first kappa shape index (κ1) is 52.6. The van der Waals surface area contributed by atoms with Gasteiger partial charge in [0.1, 0.15) is 13.2 Å². The van der Waals surface area contributed by atoms with Crippen molar-refractivity contribution in [2.75, 3.05) is 13.2 Å². The third-order valence-electron chi connectivity index (χ3n) is 10.1. The van der Waals surface area contributed by atoms with E-state index in [9.17, 15) is 14.4 Å². The molecule has 0 rings (SSSR count). The average Bonchev–Trinajstić information content (AvgIpc) is 3.18. The molecular weight excluding hydrogens is 685 g/mol. The zero-order chi connectivity index (χ0) is 40.1. The number of esters is 3. The number of carbonyl (C=O) groups excluding carboxylic acids is 3. The second-order valence-corrected chi connectivity index (χ2v) is 15.7. The van der Waals surface area contributed by atoms with Gasteiger partial charge in [-0.1, -0.05) is 198 Å². The normalized spacial score (nSPS) is 12.3. The Morgan fingerprint density at radius 2 is 0.655 bits per heavy atom. The quantitative estimate of drug-likeness (QED) is 0.0266. The standard InChI is InChI=1S/C49H88O6/c1-4-7-10-13-16-19-21-23-24-26-27-30-33-36-39-42-48(51)54-45-46(44-53-47(50)41-38-35-32-29-18-15-12-9-6-3)55-49(52)43-40-37-34-31-28-25-22-20-17-14-11-8-5-2/h16,19,23-24,27,30,46H,4-15,17-18,20-22,25-26,28-29,31-45H2,1-3H3/b19-16-,24-23-,30-27-/t46-/m1/s1. The van der Waals surface area contributed by atoms with Crippen LogP contribution in [0.1, 0.15) is 239 Å². The number of ether oxygens (including phenoxy) is 3. The molecule has 6 nitrogen and oxygen atoms in total. The maximum absolute atomic E-state index is 12.7. The average molecular weight is 773 g/mol. The third-order valence-corrected chi connectivity index (χ3v) is 10.1. The topological polar surface area (TPSA) is 78.9 Å². The molecule has 0 bridgehead atoms. The van der Waals surface area contributed by atoms with E-state index in [2.05, 4.69) is 57.2 Å². The summed E-state index contributed by atoms with van der Waals surface area (Å²) < 4.78 is 16.7. The highest BCUT2D eigenvalue weighted by Gasteiger charge is 2.19. The summed E-state index contributed by atoms with van der Waals surface area (Å²) in [6.45, 7) is 6.56. The van der Waals surface area contributed by atoms with Crippen LogP contribution in [0.5, 0.6) is 0 Å². The van der Waals surface area contributed by atoms with E-state index in [1.165, 1.54) is 128 Å². The van der Waals surface area contributed by atoms with Crippen molar-refractivity contribution >= 4 is 17.9 Å². The van der Waals surface area contributed by atoms with Crippen molar-refractivity contribution < 1.29 is 28.6 Å². The van der Waals surface area contributed by atoms with E-state index >= 15 is 0 Å². The van der Waals surface area contributed by atoms with Gasteiger partial charge >= 0.3 is 17.9 Å². The van der Waals surface area contributed by atoms with E-state index in [1.54, 1.807) is 0 Å². The van der Waals surface area contributed by atoms with Crippen LogP contribution in [0.2, 0.25) is 0 Å². The third kappa shape index (κ3) is 42.6. The molecule has 320 valence electrons. The maximum atomic E-state index is 12.7. The molecule has 0 spiro atoms. The van der Waals surface area contributed by atoms with Crippen LogP contribution in [0, 0.1) is 0 Å². The number of hydrogen-bond acceptors (Lipinski definition) is 6. The lowest BCUT2D eigenvalue weighted by atomic mass is 10.0. The van der Waals surface area contributed by atoms with Crippen molar-refractivity contribution in [3.63, 3.8) is 0 Å². The number of carbonyl (C=O) groups is 3. The first-order valence-electron chi connectivity index (χ1n) is 23.5. The Hall–Kier alpha value is -2.37. The van der Waals surface area contributed by atoms with Crippen molar-refractivity contribution in [1.29, 1.82) is 0 Å². The van der Waals surface area contributed by atoms with Gasteiger partial charge in [0.2, 0.25) is 0 Å². The summed E-state index contributed by atoms with van der Waals surface area (Å²) in [5, 5.41) is 0. The van der Waals surface area contributed by atoms with E-state index in [4.69, 9.17) is 14.2 Å². The van der Waals surface area contributed by atoms with Gasteiger partial charge in [0.25, 0.3) is 0 Å². The van der Waals surface area contributed by atoms with E-state index < -0.39 is 6.10 Å². The number of hydrogen-bond donors (Lipinski definition) is 0. The Kier molecular flexibility index (Phi) is 42.4. The molecule has 6 heteroatoms. The molecule has 0 heterocycles. The van der Waals surface area contributed by atoms with E-state index in [-0.39, 0.29) is 31.1 Å². The van der Waals surface area contributed by atoms with Gasteiger partial charge in [0.15, 0.2) is 6.10 Å². The molecular formula is C49H88O6. The first-order chi connectivity index (χ1) is 27.0. The van der Waals surface area contributed by atoms with Gasteiger partial charge in [-0.25, -0.2) is 0 Å². The molecule has 0 saturated carbocycles. The van der Waals surface area contributed by atoms with Crippen LogP contribution in [0.25, 0.3) is 0 Å². The highest BCUT2D eigenvalue weighted by molar-refractivity contribution is 5.71. The minimum absolute atomic E-state index is 0.0810. The van der Waals surface area contributed by atoms with Crippen molar-refractivity contribution in [2.24, 2.45) is 0 Å². The lowest BCUT2D eigenvalue weighted by molar-refractivity contribution is -0.167. The van der Waals surface area contributed by atoms with Crippen LogP contribution in [0.4, 0.5) is 0 Å². The van der Waals surface area contributed by atoms with E-state index in [1.807, 2.05) is 0 Å². The molecule has 0 aliphatic heterocycles. The second kappa shape index (κ2) is 44.3. The van der Waals surface area contributed by atoms with Gasteiger partial charge in [-0.3, -0.25) is 14.4 Å². The summed E-state index contributed by atoms with van der Waals surface area (Å²) >= 11 is 0. The van der Waals surface area contributed by atoms with Gasteiger partial charge < -0.3 is 14.2 Å². The Morgan fingerprint density at radius 1 is 0.364 bits per heavy atom. The van der Waals surface area contributed by atoms with Gasteiger partial charge in [-0.05, 0) is 57.8 Å². The Bertz CT molecular complexity index is 938. The Morgan fingerprint density at radius 3 is 1.05 bits per heavy atom. The van der Waals surface area contributed by atoms with Crippen molar-refractivity contribution in [1.82, 2.24) is 0 Å². The largest absolute Gasteiger partial charge is 0.462 e. The van der Waals surface area contributed by atoms with Gasteiger partial charge in [-0.15, -0.1) is 0 Å². The summed E-state index contributed by atoms with van der Waals surface area (Å²) in [5.74, 6) is -0.919. The lowest BCUT2D eigenvalue weighted by Gasteiger charge is -2.18. The Balaban J connectivity index is 4.40. The van der Waals surface area contributed by atoms with E-state index in [0.29, 0.717) is 19.3 Å². The second-order valence-electron chi connectivity index (χ2n) is 15.7. The zero-order valence-electron chi connectivity index (χ0n) is 36.4. The van der Waals surface area contributed by atoms with Crippen LogP contribution < -0.4 is 0 Å².